The van der Waals surface area contributed by atoms with Crippen molar-refractivity contribution in [2.75, 3.05) is 11.9 Å². The van der Waals surface area contributed by atoms with Crippen molar-refractivity contribution in [2.45, 2.75) is 26.2 Å². The average Bonchev–Trinajstić information content (AvgIpc) is 2.77. The molecule has 0 N–H and O–H groups in total. The predicted molar refractivity (Wildman–Crippen MR) is 110 cm³/mol. The van der Waals surface area contributed by atoms with Crippen molar-refractivity contribution in [1.29, 1.82) is 0 Å². The van der Waals surface area contributed by atoms with Gasteiger partial charge in [0, 0.05) is 36.6 Å². The Morgan fingerprint density at radius 3 is 2.33 bits per heavy atom. The monoisotopic (exact) mass is 409 g/mol. The fourth-order valence-electron chi connectivity index (χ4n) is 2.98. The molecule has 5 nitrogen and oxygen atoms in total. The Labute approximate surface area is 173 Å². The zero-order valence-corrected chi connectivity index (χ0v) is 16.7. The molecular weight excluding hydrogens is 388 g/mol. The van der Waals surface area contributed by atoms with E-state index in [-0.39, 0.29) is 30.1 Å². The lowest BCUT2D eigenvalue weighted by atomic mass is 10.0. The quantitative estimate of drug-likeness (QED) is 0.422. The van der Waals surface area contributed by atoms with E-state index in [0.29, 0.717) is 17.7 Å². The first-order valence-electron chi connectivity index (χ1n) is 9.56. The Bertz CT molecular complexity index is 1050. The molecule has 0 spiro atoms. The van der Waals surface area contributed by atoms with Crippen molar-refractivity contribution in [2.24, 2.45) is 0 Å². The van der Waals surface area contributed by atoms with Gasteiger partial charge in [-0.05, 0) is 30.7 Å². The number of hydrogen-bond acceptors (Lipinski definition) is 4. The fourth-order valence-corrected chi connectivity index (χ4v) is 2.98. The van der Waals surface area contributed by atoms with E-state index in [2.05, 4.69) is 9.97 Å². The number of halogens is 2. The van der Waals surface area contributed by atoms with Crippen LogP contribution in [-0.2, 0) is 11.2 Å². The predicted octanol–water partition coefficient (Wildman–Crippen LogP) is 4.61. The van der Waals surface area contributed by atoms with Crippen LogP contribution in [0.3, 0.4) is 0 Å². The molecule has 0 aliphatic rings. The third kappa shape index (κ3) is 4.92. The summed E-state index contributed by atoms with van der Waals surface area (Å²) in [6, 6.07) is 13.0. The van der Waals surface area contributed by atoms with Gasteiger partial charge in [0.15, 0.2) is 5.78 Å². The van der Waals surface area contributed by atoms with E-state index in [4.69, 9.17) is 0 Å². The maximum atomic E-state index is 13.6. The molecule has 0 bridgehead atoms. The smallest absolute Gasteiger partial charge is 0.226 e. The third-order valence-electron chi connectivity index (χ3n) is 4.83. The Morgan fingerprint density at radius 2 is 1.73 bits per heavy atom. The molecule has 0 atom stereocenters. The summed E-state index contributed by atoms with van der Waals surface area (Å²) < 4.78 is 26.5. The van der Waals surface area contributed by atoms with Crippen LogP contribution in [0.15, 0.2) is 54.7 Å². The summed E-state index contributed by atoms with van der Waals surface area (Å²) in [6.45, 7) is 1.80. The summed E-state index contributed by atoms with van der Waals surface area (Å²) in [6.07, 6.45) is 2.28. The van der Waals surface area contributed by atoms with Crippen LogP contribution in [0.2, 0.25) is 0 Å². The van der Waals surface area contributed by atoms with Crippen molar-refractivity contribution >= 4 is 17.4 Å². The number of Topliss-reactive ketones (excluding diaryl/α,β-unsaturated/α-hetero) is 1. The van der Waals surface area contributed by atoms with Crippen molar-refractivity contribution in [3.8, 4) is 11.3 Å². The molecule has 3 rings (SSSR count). The third-order valence-corrected chi connectivity index (χ3v) is 4.83. The van der Waals surface area contributed by atoms with Crippen molar-refractivity contribution < 1.29 is 18.4 Å². The van der Waals surface area contributed by atoms with E-state index < -0.39 is 11.9 Å². The second-order valence-corrected chi connectivity index (χ2v) is 6.79. The molecule has 0 saturated carbocycles. The summed E-state index contributed by atoms with van der Waals surface area (Å²) in [5, 5.41) is 0. The summed E-state index contributed by atoms with van der Waals surface area (Å²) >= 11 is 0. The topological polar surface area (TPSA) is 63.2 Å². The van der Waals surface area contributed by atoms with Gasteiger partial charge in [-0.15, -0.1) is 0 Å². The van der Waals surface area contributed by atoms with Gasteiger partial charge in [-0.2, -0.15) is 13.8 Å². The van der Waals surface area contributed by atoms with E-state index >= 15 is 0 Å². The van der Waals surface area contributed by atoms with Crippen molar-refractivity contribution in [3.05, 3.63) is 77.8 Å². The molecule has 2 heterocycles. The van der Waals surface area contributed by atoms with Crippen LogP contribution in [0, 0.1) is 11.9 Å². The van der Waals surface area contributed by atoms with Crippen molar-refractivity contribution in [1.82, 2.24) is 9.97 Å². The molecule has 154 valence electrons. The van der Waals surface area contributed by atoms with Gasteiger partial charge in [-0.1, -0.05) is 31.2 Å². The lowest BCUT2D eigenvalue weighted by molar-refractivity contribution is -0.118. The minimum atomic E-state index is -0.890. The number of rotatable bonds is 7. The number of hydrogen-bond donors (Lipinski definition) is 0. The second-order valence-electron chi connectivity index (χ2n) is 6.79. The average molecular weight is 409 g/mol. The van der Waals surface area contributed by atoms with Crippen LogP contribution < -0.4 is 4.90 Å². The molecule has 1 aromatic carbocycles. The molecule has 0 fully saturated rings. The van der Waals surface area contributed by atoms with Gasteiger partial charge >= 0.3 is 0 Å². The van der Waals surface area contributed by atoms with Crippen LogP contribution in [0.25, 0.3) is 11.3 Å². The zero-order chi connectivity index (χ0) is 21.7. The summed E-state index contributed by atoms with van der Waals surface area (Å²) in [5.41, 5.74) is 2.96. The highest BCUT2D eigenvalue weighted by Gasteiger charge is 2.12. The number of anilines is 1. The van der Waals surface area contributed by atoms with E-state index in [0.717, 1.165) is 17.3 Å². The molecule has 0 radical (unpaired) electrons. The Kier molecular flexibility index (Phi) is 6.61. The molecule has 0 aliphatic carbocycles. The Hall–Kier alpha value is -3.48. The molecule has 30 heavy (non-hydrogen) atoms. The van der Waals surface area contributed by atoms with Gasteiger partial charge in [0.05, 0.1) is 17.6 Å². The summed E-state index contributed by atoms with van der Waals surface area (Å²) in [5.74, 6) is -1.92. The molecule has 0 unspecified atom stereocenters. The minimum Gasteiger partial charge on any atom is -0.314 e. The molecule has 0 saturated heterocycles. The molecule has 3 aromatic rings. The molecule has 0 aliphatic heterocycles. The van der Waals surface area contributed by atoms with E-state index in [1.165, 1.54) is 6.07 Å². The normalized spacial score (nSPS) is 10.7. The van der Waals surface area contributed by atoms with E-state index in [1.807, 2.05) is 12.1 Å². The van der Waals surface area contributed by atoms with Gasteiger partial charge in [0.2, 0.25) is 17.8 Å². The number of amides is 1. The first-order valence-corrected chi connectivity index (χ1v) is 9.56. The van der Waals surface area contributed by atoms with Crippen LogP contribution in [-0.4, -0.2) is 28.7 Å². The van der Waals surface area contributed by atoms with Gasteiger partial charge in [0.25, 0.3) is 0 Å². The first kappa shape index (κ1) is 21.2. The SMILES string of the molecule is CCC(=O)N(C)c1ccc(-c2ccc(C(=O)CCc3ccc(F)nc3F)cc2)nc1. The summed E-state index contributed by atoms with van der Waals surface area (Å²) in [4.78, 5) is 33.2. The number of ketones is 1. The van der Waals surface area contributed by atoms with Gasteiger partial charge in [-0.25, -0.2) is 0 Å². The van der Waals surface area contributed by atoms with Gasteiger partial charge in [0.1, 0.15) is 0 Å². The number of pyridine rings is 2. The van der Waals surface area contributed by atoms with Crippen LogP contribution in [0.4, 0.5) is 14.5 Å². The van der Waals surface area contributed by atoms with Crippen LogP contribution in [0.1, 0.15) is 35.7 Å². The maximum Gasteiger partial charge on any atom is 0.226 e. The Balaban J connectivity index is 1.65. The number of benzene rings is 1. The number of carbonyl (C=O) groups is 2. The second kappa shape index (κ2) is 9.35. The highest BCUT2D eigenvalue weighted by Crippen LogP contribution is 2.21. The number of carbonyl (C=O) groups excluding carboxylic acids is 2. The van der Waals surface area contributed by atoms with E-state index in [1.54, 1.807) is 49.3 Å². The number of aryl methyl sites for hydroxylation is 1. The number of aromatic nitrogens is 2. The lowest BCUT2D eigenvalue weighted by Gasteiger charge is -2.16. The lowest BCUT2D eigenvalue weighted by Crippen LogP contribution is -2.25. The highest BCUT2D eigenvalue weighted by atomic mass is 19.1. The van der Waals surface area contributed by atoms with Crippen molar-refractivity contribution in [3.63, 3.8) is 0 Å². The zero-order valence-electron chi connectivity index (χ0n) is 16.7. The maximum absolute atomic E-state index is 13.6. The largest absolute Gasteiger partial charge is 0.314 e. The minimum absolute atomic E-state index is 0.00344. The fraction of sp³-hybridized carbons (Fsp3) is 0.217. The Morgan fingerprint density at radius 1 is 1.00 bits per heavy atom. The molecular formula is C23H21F2N3O2. The van der Waals surface area contributed by atoms with Gasteiger partial charge < -0.3 is 4.90 Å². The van der Waals surface area contributed by atoms with Gasteiger partial charge in [-0.3, -0.25) is 14.6 Å². The highest BCUT2D eigenvalue weighted by molar-refractivity contribution is 5.96. The summed E-state index contributed by atoms with van der Waals surface area (Å²) in [7, 11) is 1.71. The first-order chi connectivity index (χ1) is 14.4. The molecule has 2 aromatic heterocycles. The standard InChI is InChI=1S/C23H21F2N3O2/c1-3-22(30)28(2)18-10-11-19(26-14-18)15-4-6-16(7-5-15)20(29)12-8-17-9-13-21(24)27-23(17)25/h4-7,9-11,13-14H,3,8,12H2,1-2H3. The van der Waals surface area contributed by atoms with Crippen LogP contribution >= 0.6 is 0 Å². The van der Waals surface area contributed by atoms with Crippen LogP contribution in [0.5, 0.6) is 0 Å². The number of nitrogens with zero attached hydrogens (tertiary/aromatic N) is 3. The molecule has 7 heteroatoms. The van der Waals surface area contributed by atoms with E-state index in [9.17, 15) is 18.4 Å². The molecule has 1 amide bonds.